The molecule has 0 heterocycles. The molecule has 1 amide bonds. The van der Waals surface area contributed by atoms with Crippen LogP contribution in [0.1, 0.15) is 60.8 Å². The molecule has 6 N–H and O–H groups in total. The number of Topliss-reactive ketones (excluding diaryl/α,β-unsaturated/α-hetero) is 2. The summed E-state index contributed by atoms with van der Waals surface area (Å²) in [5.74, 6) is -7.41. The first-order valence-electron chi connectivity index (χ1n) is 14.9. The van der Waals surface area contributed by atoms with E-state index in [0.29, 0.717) is 24.0 Å². The van der Waals surface area contributed by atoms with Crippen LogP contribution >= 0.6 is 0 Å². The van der Waals surface area contributed by atoms with Crippen molar-refractivity contribution in [3.63, 3.8) is 0 Å². The van der Waals surface area contributed by atoms with E-state index in [1.807, 2.05) is 0 Å². The number of phenols is 1. The number of aryl methyl sites for hydroxylation is 1. The maximum Gasteiger partial charge on any atom is 0.255 e. The predicted octanol–water partition coefficient (Wildman–Crippen LogP) is 2.40. The Labute approximate surface area is 239 Å². The smallest absolute Gasteiger partial charge is 0.255 e. The number of nitrogens with zero attached hydrogens (tertiary/aromatic N) is 2. The van der Waals surface area contributed by atoms with Crippen LogP contribution in [-0.2, 0) is 27.2 Å². The van der Waals surface area contributed by atoms with Gasteiger partial charge in [-0.2, -0.15) is 0 Å². The summed E-state index contributed by atoms with van der Waals surface area (Å²) in [6.45, 7) is 3.65. The van der Waals surface area contributed by atoms with Crippen LogP contribution in [0.3, 0.4) is 0 Å². The molecule has 10 heteroatoms. The summed E-state index contributed by atoms with van der Waals surface area (Å²) in [6.07, 6.45) is 1.73. The van der Waals surface area contributed by atoms with Crippen LogP contribution in [0, 0.1) is 17.3 Å². The highest BCUT2D eigenvalue weighted by Gasteiger charge is 2.64. The van der Waals surface area contributed by atoms with Crippen molar-refractivity contribution in [2.24, 2.45) is 23.0 Å². The third-order valence-corrected chi connectivity index (χ3v) is 8.51. The lowest BCUT2D eigenvalue weighted by atomic mass is 9.57. The summed E-state index contributed by atoms with van der Waals surface area (Å²) < 4.78 is 24.1. The molecule has 0 unspecified atom stereocenters. The minimum absolute atomic E-state index is 0.000122. The van der Waals surface area contributed by atoms with Crippen LogP contribution in [0.2, 0.25) is 0 Å². The number of fused-ring (bicyclic) bond motifs is 3. The quantitative estimate of drug-likeness (QED) is 0.330. The average Bonchev–Trinajstić information content (AvgIpc) is 2.85. The fourth-order valence-electron chi connectivity index (χ4n) is 6.65. The molecule has 0 bridgehead atoms. The van der Waals surface area contributed by atoms with E-state index in [1.165, 1.54) is 26.0 Å². The van der Waals surface area contributed by atoms with Gasteiger partial charge in [0, 0.05) is 35.3 Å². The first kappa shape index (κ1) is 25.6. The van der Waals surface area contributed by atoms with Gasteiger partial charge in [-0.15, -0.1) is 0 Å². The number of hydrogen-bond donors (Lipinski definition) is 5. The summed E-state index contributed by atoms with van der Waals surface area (Å²) in [7, 11) is 4.43. The van der Waals surface area contributed by atoms with Gasteiger partial charge in [-0.3, -0.25) is 19.3 Å². The molecule has 3 aliphatic rings. The van der Waals surface area contributed by atoms with Gasteiger partial charge in [-0.1, -0.05) is 20.8 Å². The number of benzene rings is 1. The van der Waals surface area contributed by atoms with Crippen LogP contribution in [0.5, 0.6) is 5.75 Å². The van der Waals surface area contributed by atoms with Gasteiger partial charge >= 0.3 is 0 Å². The van der Waals surface area contributed by atoms with Gasteiger partial charge in [0.05, 0.1) is 11.6 Å². The Kier molecular flexibility index (Phi) is 6.35. The highest BCUT2D eigenvalue weighted by Crippen LogP contribution is 2.54. The number of hydrogen-bond acceptors (Lipinski definition) is 9. The van der Waals surface area contributed by atoms with E-state index in [1.54, 1.807) is 6.07 Å². The topological polar surface area (TPSA) is 165 Å². The Balaban J connectivity index is 1.96. The van der Waals surface area contributed by atoms with Crippen LogP contribution < -0.4 is 10.6 Å². The monoisotopic (exact) mass is 558 g/mol. The molecule has 0 aliphatic heterocycles. The summed E-state index contributed by atoms with van der Waals surface area (Å²) in [5, 5.41) is 45.9. The number of carbonyl (C=O) groups excluding carboxylic acids is 3. The lowest BCUT2D eigenvalue weighted by molar-refractivity contribution is -0.153. The van der Waals surface area contributed by atoms with E-state index < -0.39 is 65.0 Å². The van der Waals surface area contributed by atoms with E-state index >= 15 is 0 Å². The fourth-order valence-corrected chi connectivity index (χ4v) is 6.65. The molecule has 4 atom stereocenters. The van der Waals surface area contributed by atoms with Gasteiger partial charge < -0.3 is 31.1 Å². The highest BCUT2D eigenvalue weighted by molar-refractivity contribution is 6.24. The summed E-state index contributed by atoms with van der Waals surface area (Å²) >= 11 is 0. The molecule has 3 aliphatic carbocycles. The predicted molar refractivity (Wildman–Crippen MR) is 151 cm³/mol. The van der Waals surface area contributed by atoms with Gasteiger partial charge in [0.25, 0.3) is 5.91 Å². The van der Waals surface area contributed by atoms with E-state index in [9.17, 15) is 34.8 Å². The molecule has 1 aromatic carbocycles. The number of aromatic hydroxyl groups is 1. The molecule has 218 valence electrons. The number of rotatable bonds is 6. The first-order valence-corrected chi connectivity index (χ1v) is 13.4. The first-order chi connectivity index (χ1) is 19.6. The number of aliphatic hydroxyl groups is 3. The molecule has 10 nitrogen and oxygen atoms in total. The lowest BCUT2D eigenvalue weighted by Crippen LogP contribution is -2.65. The lowest BCUT2D eigenvalue weighted by Gasteiger charge is -2.50. The van der Waals surface area contributed by atoms with Crippen molar-refractivity contribution in [1.29, 1.82) is 0 Å². The van der Waals surface area contributed by atoms with Gasteiger partial charge in [-0.25, -0.2) is 0 Å². The number of amides is 1. The van der Waals surface area contributed by atoms with Crippen molar-refractivity contribution in [1.82, 2.24) is 4.90 Å². The summed E-state index contributed by atoms with van der Waals surface area (Å²) in [6, 6.07) is 0.392. The van der Waals surface area contributed by atoms with Gasteiger partial charge in [0.2, 0.25) is 5.78 Å². The number of likely N-dealkylation sites (N-methyl/N-ethyl adjacent to an activating group) is 1. The molecular formula is C30H41N3O7. The maximum atomic E-state index is 14.1. The van der Waals surface area contributed by atoms with E-state index in [0.717, 1.165) is 11.3 Å². The highest BCUT2D eigenvalue weighted by atomic mass is 16.3. The third kappa shape index (κ3) is 4.47. The standard InChI is InChI=1S/C30H41N3O7/c1-29(2,3)10-8-9-14-13-18(32(4)5)16-11-15-12-17-22(33(6)7)25(36)21(28(31)39)27(38)30(17,40)26(37)19(15)24(35)20(16)23(14)34/h13,15,17,22,34-35,38,40H,8-12H2,1-7H3,(H2,31,39)/t15-,17-,22-,30-/m0/s1/i4D3. The zero-order valence-corrected chi connectivity index (χ0v) is 23.8. The second-order valence-electron chi connectivity index (χ2n) is 12.7. The Morgan fingerprint density at radius 1 is 1.20 bits per heavy atom. The minimum atomic E-state index is -2.75. The third-order valence-electron chi connectivity index (χ3n) is 8.51. The molecule has 0 spiro atoms. The average molecular weight is 559 g/mol. The Morgan fingerprint density at radius 2 is 1.85 bits per heavy atom. The molecule has 4 rings (SSSR count). The van der Waals surface area contributed by atoms with E-state index in [-0.39, 0.29) is 40.8 Å². The number of anilines is 1. The summed E-state index contributed by atoms with van der Waals surface area (Å²) in [4.78, 5) is 42.1. The van der Waals surface area contributed by atoms with Gasteiger partial charge in [0.15, 0.2) is 11.4 Å². The molecule has 1 saturated carbocycles. The zero-order valence-electron chi connectivity index (χ0n) is 26.8. The SMILES string of the molecule is [2H]C([2H])([2H])N(C)c1cc(CCCC(C)(C)C)c(O)c2c1C[C@H]1C[C@H]3[C@H](N(C)C)C(=O)C(C(N)=O)=C(O)[C@@]3(O)C(=O)C1=C2O. The van der Waals surface area contributed by atoms with Gasteiger partial charge in [0.1, 0.15) is 22.8 Å². The molecule has 0 aromatic heterocycles. The van der Waals surface area contributed by atoms with Gasteiger partial charge in [-0.05, 0) is 74.7 Å². The van der Waals surface area contributed by atoms with Crippen molar-refractivity contribution in [2.45, 2.75) is 64.5 Å². The number of phenolic OH excluding ortho intramolecular Hbond substituents is 1. The molecule has 1 aromatic rings. The number of carbonyl (C=O) groups is 3. The Bertz CT molecular complexity index is 1460. The number of aliphatic hydroxyl groups excluding tert-OH is 2. The molecule has 40 heavy (non-hydrogen) atoms. The maximum absolute atomic E-state index is 14.1. The van der Waals surface area contributed by atoms with Crippen LogP contribution in [0.4, 0.5) is 5.69 Å². The zero-order chi connectivity index (χ0) is 32.6. The Morgan fingerprint density at radius 3 is 2.40 bits per heavy atom. The normalized spacial score (nSPS) is 28.0. The van der Waals surface area contributed by atoms with Crippen LogP contribution in [0.25, 0.3) is 5.76 Å². The molecule has 0 radical (unpaired) electrons. The largest absolute Gasteiger partial charge is 0.508 e. The molecule has 1 fully saturated rings. The second-order valence-corrected chi connectivity index (χ2v) is 12.7. The minimum Gasteiger partial charge on any atom is -0.508 e. The summed E-state index contributed by atoms with van der Waals surface area (Å²) in [5.41, 5.74) is 2.30. The number of nitrogens with two attached hydrogens (primary N) is 1. The Hall–Kier alpha value is -3.37. The van der Waals surface area contributed by atoms with E-state index in [4.69, 9.17) is 9.85 Å². The van der Waals surface area contributed by atoms with Crippen molar-refractivity contribution < 1.29 is 38.9 Å². The van der Waals surface area contributed by atoms with Crippen molar-refractivity contribution >= 4 is 28.9 Å². The molecular weight excluding hydrogens is 514 g/mol. The second kappa shape index (κ2) is 9.92. The fraction of sp³-hybridized carbons (Fsp3) is 0.567. The van der Waals surface area contributed by atoms with Crippen molar-refractivity contribution in [2.75, 3.05) is 33.0 Å². The van der Waals surface area contributed by atoms with Crippen molar-refractivity contribution in [3.05, 3.63) is 39.7 Å². The van der Waals surface area contributed by atoms with Crippen molar-refractivity contribution in [3.8, 4) is 5.75 Å². The van der Waals surface area contributed by atoms with E-state index in [2.05, 4.69) is 20.8 Å². The number of primary amides is 1. The van der Waals surface area contributed by atoms with Crippen LogP contribution in [0.15, 0.2) is 23.0 Å². The van der Waals surface area contributed by atoms with Crippen LogP contribution in [-0.4, -0.2) is 82.6 Å². The number of ketones is 2. The molecule has 0 saturated heterocycles.